The molecule has 1 aromatic carbocycles. The van der Waals surface area contributed by atoms with Crippen molar-refractivity contribution in [3.05, 3.63) is 77.6 Å². The molecule has 0 saturated heterocycles. The number of furan rings is 1. The van der Waals surface area contributed by atoms with E-state index in [0.29, 0.717) is 34.0 Å². The van der Waals surface area contributed by atoms with Crippen molar-refractivity contribution in [3.63, 3.8) is 0 Å². The molecule has 142 valence electrons. The van der Waals surface area contributed by atoms with Crippen LogP contribution in [-0.4, -0.2) is 35.6 Å². The first kappa shape index (κ1) is 18.7. The topological polar surface area (TPSA) is 89.9 Å². The fraction of sp³-hybridized carbons (Fsp3) is 0.158. The number of benzene rings is 1. The fourth-order valence-electron chi connectivity index (χ4n) is 2.64. The summed E-state index contributed by atoms with van der Waals surface area (Å²) in [6.45, 7) is 0.450. The third-order valence-corrected chi connectivity index (χ3v) is 5.32. The van der Waals surface area contributed by atoms with Gasteiger partial charge in [-0.05, 0) is 29.8 Å². The van der Waals surface area contributed by atoms with Crippen molar-refractivity contribution in [1.29, 1.82) is 0 Å². The molecule has 1 atom stereocenters. The van der Waals surface area contributed by atoms with Crippen molar-refractivity contribution in [2.24, 2.45) is 0 Å². The molecule has 0 bridgehead atoms. The fourth-order valence-corrected chi connectivity index (χ4v) is 3.67. The monoisotopic (exact) mass is 413 g/mol. The van der Waals surface area contributed by atoms with Crippen LogP contribution in [0.25, 0.3) is 11.5 Å². The SMILES string of the molecule is O[C@@H](CSc1nnc(-c2cnccn2)n1Cc1ccco1)c1ccc(Cl)cc1. The maximum Gasteiger partial charge on any atom is 0.192 e. The third kappa shape index (κ3) is 4.24. The molecule has 1 N–H and O–H groups in total. The number of aliphatic hydroxyl groups is 1. The molecule has 3 aromatic heterocycles. The summed E-state index contributed by atoms with van der Waals surface area (Å²) < 4.78 is 7.38. The van der Waals surface area contributed by atoms with Crippen LogP contribution < -0.4 is 0 Å². The van der Waals surface area contributed by atoms with E-state index >= 15 is 0 Å². The van der Waals surface area contributed by atoms with Gasteiger partial charge in [0.1, 0.15) is 11.5 Å². The highest BCUT2D eigenvalue weighted by atomic mass is 35.5. The molecular formula is C19H16ClN5O2S. The van der Waals surface area contributed by atoms with Gasteiger partial charge < -0.3 is 9.52 Å². The van der Waals surface area contributed by atoms with Crippen molar-refractivity contribution >= 4 is 23.4 Å². The van der Waals surface area contributed by atoms with E-state index in [4.69, 9.17) is 16.0 Å². The van der Waals surface area contributed by atoms with Gasteiger partial charge in [-0.3, -0.25) is 9.55 Å². The van der Waals surface area contributed by atoms with Gasteiger partial charge in [0.2, 0.25) is 0 Å². The number of halogens is 1. The quantitative estimate of drug-likeness (QED) is 0.460. The lowest BCUT2D eigenvalue weighted by Crippen LogP contribution is -2.06. The first-order valence-corrected chi connectivity index (χ1v) is 9.85. The highest BCUT2D eigenvalue weighted by molar-refractivity contribution is 7.99. The van der Waals surface area contributed by atoms with Gasteiger partial charge >= 0.3 is 0 Å². The van der Waals surface area contributed by atoms with Crippen LogP contribution >= 0.6 is 23.4 Å². The lowest BCUT2D eigenvalue weighted by molar-refractivity contribution is 0.204. The Morgan fingerprint density at radius 3 is 2.71 bits per heavy atom. The molecule has 0 aliphatic rings. The zero-order chi connectivity index (χ0) is 19.3. The van der Waals surface area contributed by atoms with Crippen LogP contribution in [0.1, 0.15) is 17.4 Å². The summed E-state index contributed by atoms with van der Waals surface area (Å²) in [5.74, 6) is 1.77. The Hall–Kier alpha value is -2.68. The Morgan fingerprint density at radius 1 is 1.14 bits per heavy atom. The van der Waals surface area contributed by atoms with Crippen molar-refractivity contribution in [2.75, 3.05) is 5.75 Å². The predicted molar refractivity (Wildman–Crippen MR) is 106 cm³/mol. The number of nitrogens with zero attached hydrogens (tertiary/aromatic N) is 5. The summed E-state index contributed by atoms with van der Waals surface area (Å²) >= 11 is 7.32. The van der Waals surface area contributed by atoms with Gasteiger partial charge in [0.05, 0.1) is 25.1 Å². The standard InChI is InChI=1S/C19H16ClN5O2S/c20-14-5-3-13(4-6-14)17(26)12-28-19-24-23-18(16-10-21-7-8-22-16)25(19)11-15-2-1-9-27-15/h1-10,17,26H,11-12H2/t17-/m0/s1. The second-order valence-electron chi connectivity index (χ2n) is 5.94. The normalized spacial score (nSPS) is 12.2. The van der Waals surface area contributed by atoms with Gasteiger partial charge in [0, 0.05) is 23.2 Å². The molecule has 7 nitrogen and oxygen atoms in total. The molecule has 9 heteroatoms. The molecule has 0 spiro atoms. The Morgan fingerprint density at radius 2 is 2.00 bits per heavy atom. The van der Waals surface area contributed by atoms with E-state index in [1.807, 2.05) is 28.8 Å². The van der Waals surface area contributed by atoms with Gasteiger partial charge in [-0.2, -0.15) is 0 Å². The maximum atomic E-state index is 10.5. The van der Waals surface area contributed by atoms with Crippen LogP contribution in [0.4, 0.5) is 0 Å². The number of hydrogen-bond acceptors (Lipinski definition) is 7. The molecule has 0 saturated carbocycles. The molecular weight excluding hydrogens is 398 g/mol. The Kier molecular flexibility index (Phi) is 5.70. The Labute approximate surface area is 170 Å². The molecule has 0 aliphatic heterocycles. The van der Waals surface area contributed by atoms with Crippen molar-refractivity contribution < 1.29 is 9.52 Å². The second-order valence-corrected chi connectivity index (χ2v) is 7.36. The Balaban J connectivity index is 1.57. The molecule has 3 heterocycles. The molecule has 0 aliphatic carbocycles. The number of aromatic nitrogens is 5. The van der Waals surface area contributed by atoms with Gasteiger partial charge in [0.15, 0.2) is 11.0 Å². The Bertz CT molecular complexity index is 1020. The van der Waals surface area contributed by atoms with Gasteiger partial charge in [-0.15, -0.1) is 10.2 Å². The van der Waals surface area contributed by atoms with Crippen LogP contribution in [0.3, 0.4) is 0 Å². The lowest BCUT2D eigenvalue weighted by Gasteiger charge is -2.12. The van der Waals surface area contributed by atoms with E-state index in [9.17, 15) is 5.11 Å². The first-order chi connectivity index (χ1) is 13.7. The van der Waals surface area contributed by atoms with E-state index in [0.717, 1.165) is 11.3 Å². The van der Waals surface area contributed by atoms with E-state index in [2.05, 4.69) is 20.2 Å². The van der Waals surface area contributed by atoms with Gasteiger partial charge in [-0.25, -0.2) is 4.98 Å². The van der Waals surface area contributed by atoms with E-state index < -0.39 is 6.10 Å². The summed E-state index contributed by atoms with van der Waals surface area (Å²) in [4.78, 5) is 8.42. The van der Waals surface area contributed by atoms with E-state index in [1.165, 1.54) is 11.8 Å². The predicted octanol–water partition coefficient (Wildman–Crippen LogP) is 3.86. The molecule has 0 radical (unpaired) electrons. The summed E-state index contributed by atoms with van der Waals surface area (Å²) in [6, 6.07) is 10.9. The smallest absolute Gasteiger partial charge is 0.192 e. The summed E-state index contributed by atoms with van der Waals surface area (Å²) in [6.07, 6.45) is 5.82. The summed E-state index contributed by atoms with van der Waals surface area (Å²) in [5, 5.41) is 20.3. The van der Waals surface area contributed by atoms with Crippen LogP contribution in [0.15, 0.2) is 70.8 Å². The highest BCUT2D eigenvalue weighted by Gasteiger charge is 2.18. The van der Waals surface area contributed by atoms with E-state index in [-0.39, 0.29) is 0 Å². The van der Waals surface area contributed by atoms with E-state index in [1.54, 1.807) is 37.0 Å². The second kappa shape index (κ2) is 8.55. The number of thioether (sulfide) groups is 1. The molecule has 28 heavy (non-hydrogen) atoms. The van der Waals surface area contributed by atoms with Gasteiger partial charge in [-0.1, -0.05) is 35.5 Å². The van der Waals surface area contributed by atoms with Crippen LogP contribution in [0, 0.1) is 0 Å². The molecule has 0 amide bonds. The zero-order valence-electron chi connectivity index (χ0n) is 14.6. The zero-order valence-corrected chi connectivity index (χ0v) is 16.2. The van der Waals surface area contributed by atoms with Crippen LogP contribution in [0.2, 0.25) is 5.02 Å². The molecule has 0 unspecified atom stereocenters. The van der Waals surface area contributed by atoms with Crippen molar-refractivity contribution in [1.82, 2.24) is 24.7 Å². The minimum atomic E-state index is -0.656. The van der Waals surface area contributed by atoms with Gasteiger partial charge in [0.25, 0.3) is 0 Å². The highest BCUT2D eigenvalue weighted by Crippen LogP contribution is 2.28. The van der Waals surface area contributed by atoms with Crippen molar-refractivity contribution in [3.8, 4) is 11.5 Å². The lowest BCUT2D eigenvalue weighted by atomic mass is 10.1. The van der Waals surface area contributed by atoms with Crippen LogP contribution in [0.5, 0.6) is 0 Å². The largest absolute Gasteiger partial charge is 0.467 e. The van der Waals surface area contributed by atoms with Crippen LogP contribution in [-0.2, 0) is 6.54 Å². The average molecular weight is 414 g/mol. The number of rotatable bonds is 7. The minimum Gasteiger partial charge on any atom is -0.467 e. The number of hydrogen-bond donors (Lipinski definition) is 1. The third-order valence-electron chi connectivity index (χ3n) is 4.03. The first-order valence-electron chi connectivity index (χ1n) is 8.49. The minimum absolute atomic E-state index is 0.415. The number of aliphatic hydroxyl groups excluding tert-OH is 1. The van der Waals surface area contributed by atoms with Crippen molar-refractivity contribution in [2.45, 2.75) is 17.8 Å². The molecule has 0 fully saturated rings. The average Bonchev–Trinajstić information content (AvgIpc) is 3.38. The molecule has 4 rings (SSSR count). The summed E-state index contributed by atoms with van der Waals surface area (Å²) in [5.41, 5.74) is 1.41. The molecule has 4 aromatic rings. The summed E-state index contributed by atoms with van der Waals surface area (Å²) in [7, 11) is 0. The maximum absolute atomic E-state index is 10.5.